The molecule has 0 aliphatic rings. The number of benzene rings is 8. The molecule has 8 aromatic carbocycles. The van der Waals surface area contributed by atoms with E-state index in [2.05, 4.69) is 0 Å². The molecule has 0 radical (unpaired) electrons. The first kappa shape index (κ1) is 17.4. The Morgan fingerprint density at radius 2 is 0.822 bits per heavy atom. The summed E-state index contributed by atoms with van der Waals surface area (Å²) in [5.41, 5.74) is 2.95. The van der Waals surface area contributed by atoms with E-state index in [0.29, 0.717) is 54.9 Å². The third-order valence-electron chi connectivity index (χ3n) is 8.25. The highest BCUT2D eigenvalue weighted by Gasteiger charge is 2.19. The zero-order valence-corrected chi connectivity index (χ0v) is 23.8. The molecule has 0 aliphatic carbocycles. The molecule has 9 rings (SSSR count). The number of furan rings is 1. The van der Waals surface area contributed by atoms with Crippen molar-refractivity contribution in [3.05, 3.63) is 170 Å². The Hall–Kier alpha value is -5.92. The first-order chi connectivity index (χ1) is 26.5. The number of rotatable bonds is 4. The van der Waals surface area contributed by atoms with Gasteiger partial charge in [0.05, 0.1) is 13.7 Å². The van der Waals surface area contributed by atoms with Crippen molar-refractivity contribution in [1.29, 1.82) is 0 Å². The quantitative estimate of drug-likeness (QED) is 0.188. The SMILES string of the molecule is [2H]c1c([2H])c([2H])c(-c2c3ccccc3c(-c3c([2H])c([2H])c4oc5c([2H])c([2H])c(-c6ccccc6)c([2H])c5c4c3[2H])c3ccccc23)c(-c2ccccc2)c1[2H]. The smallest absolute Gasteiger partial charge is 0.135 e. The van der Waals surface area contributed by atoms with Crippen molar-refractivity contribution in [2.75, 3.05) is 0 Å². The fourth-order valence-corrected chi connectivity index (χ4v) is 6.26. The highest BCUT2D eigenvalue weighted by Crippen LogP contribution is 2.46. The van der Waals surface area contributed by atoms with Crippen molar-refractivity contribution >= 4 is 43.5 Å². The van der Waals surface area contributed by atoms with Gasteiger partial charge in [0.2, 0.25) is 0 Å². The molecule has 0 saturated heterocycles. The van der Waals surface area contributed by atoms with E-state index in [4.69, 9.17) is 11.3 Å². The Bertz CT molecular complexity index is 3030. The van der Waals surface area contributed by atoms with E-state index < -0.39 is 0 Å². The molecule has 0 saturated carbocycles. The van der Waals surface area contributed by atoms with E-state index in [1.54, 1.807) is 24.3 Å². The molecule has 0 amide bonds. The molecule has 0 spiro atoms. The molecule has 0 aliphatic heterocycles. The lowest BCUT2D eigenvalue weighted by atomic mass is 9.83. The van der Waals surface area contributed by atoms with E-state index in [0.717, 1.165) is 0 Å². The average Bonchev–Trinajstić information content (AvgIpc) is 3.62. The zero-order chi connectivity index (χ0) is 38.4. The second-order valence-corrected chi connectivity index (χ2v) is 10.8. The van der Waals surface area contributed by atoms with Gasteiger partial charge < -0.3 is 4.42 Å². The van der Waals surface area contributed by atoms with Gasteiger partial charge in [-0.15, -0.1) is 0 Å². The molecule has 9 aromatic rings. The van der Waals surface area contributed by atoms with Crippen LogP contribution in [0.15, 0.2) is 174 Å². The van der Waals surface area contributed by atoms with Gasteiger partial charge in [0, 0.05) is 10.8 Å². The van der Waals surface area contributed by atoms with Gasteiger partial charge in [-0.2, -0.15) is 0 Å². The Labute approximate surface area is 275 Å². The van der Waals surface area contributed by atoms with Crippen molar-refractivity contribution < 1.29 is 18.1 Å². The fraction of sp³-hybridized carbons (Fsp3) is 0. The molecule has 0 bridgehead atoms. The van der Waals surface area contributed by atoms with Crippen LogP contribution in [-0.2, 0) is 0 Å². The van der Waals surface area contributed by atoms with Crippen molar-refractivity contribution in [2.24, 2.45) is 0 Å². The predicted molar refractivity (Wildman–Crippen MR) is 190 cm³/mol. The Kier molecular flexibility index (Phi) is 4.01. The van der Waals surface area contributed by atoms with Crippen molar-refractivity contribution in [3.63, 3.8) is 0 Å². The van der Waals surface area contributed by atoms with Gasteiger partial charge in [0.15, 0.2) is 0 Å². The summed E-state index contributed by atoms with van der Waals surface area (Å²) >= 11 is 0. The minimum atomic E-state index is -0.374. The summed E-state index contributed by atoms with van der Waals surface area (Å²) < 4.78 is 97.1. The van der Waals surface area contributed by atoms with E-state index in [1.807, 2.05) is 84.9 Å². The first-order valence-electron chi connectivity index (χ1n) is 19.6. The standard InChI is InChI=1S/C44H28O/c1-3-13-29(14-4-1)31-23-25-41-39(27-31)40-28-32(24-26-42(40)45-41)43-35-19-9-11-21-37(35)44(38-22-12-10-20-36(38)43)34-18-8-7-17-33(34)30-15-5-2-6-16-30/h1-28H/i7D,8D,17D,18D,23D,24D,25D,26D,27D,28D. The Morgan fingerprint density at radius 1 is 0.356 bits per heavy atom. The normalized spacial score (nSPS) is 14.7. The molecule has 1 aromatic heterocycles. The third kappa shape index (κ3) is 4.17. The highest BCUT2D eigenvalue weighted by atomic mass is 16.3. The van der Waals surface area contributed by atoms with Crippen molar-refractivity contribution in [1.82, 2.24) is 0 Å². The van der Waals surface area contributed by atoms with Gasteiger partial charge in [-0.3, -0.25) is 0 Å². The Morgan fingerprint density at radius 3 is 1.42 bits per heavy atom. The van der Waals surface area contributed by atoms with Crippen LogP contribution in [0, 0.1) is 0 Å². The van der Waals surface area contributed by atoms with Gasteiger partial charge in [-0.25, -0.2) is 0 Å². The maximum atomic E-state index is 9.78. The maximum Gasteiger partial charge on any atom is 0.135 e. The minimum absolute atomic E-state index is 0.0973. The second kappa shape index (κ2) is 10.4. The molecule has 1 heteroatoms. The van der Waals surface area contributed by atoms with Crippen LogP contribution in [0.1, 0.15) is 13.7 Å². The third-order valence-corrected chi connectivity index (χ3v) is 8.25. The van der Waals surface area contributed by atoms with Crippen molar-refractivity contribution in [3.8, 4) is 44.5 Å². The van der Waals surface area contributed by atoms with E-state index in [9.17, 15) is 6.85 Å². The Balaban J connectivity index is 1.45. The van der Waals surface area contributed by atoms with Gasteiger partial charge in [0.25, 0.3) is 0 Å². The van der Waals surface area contributed by atoms with Crippen LogP contribution in [0.2, 0.25) is 0 Å². The molecular formula is C44H28O. The minimum Gasteiger partial charge on any atom is -0.456 e. The lowest BCUT2D eigenvalue weighted by molar-refractivity contribution is 0.669. The lowest BCUT2D eigenvalue weighted by Gasteiger charge is -2.19. The molecule has 1 heterocycles. The summed E-state index contributed by atoms with van der Waals surface area (Å²) in [7, 11) is 0. The monoisotopic (exact) mass is 582 g/mol. The predicted octanol–water partition coefficient (Wildman–Crippen LogP) is 12.6. The van der Waals surface area contributed by atoms with Crippen LogP contribution in [0.25, 0.3) is 88.0 Å². The lowest BCUT2D eigenvalue weighted by Crippen LogP contribution is -1.92. The largest absolute Gasteiger partial charge is 0.456 e. The first-order valence-corrected chi connectivity index (χ1v) is 14.6. The summed E-state index contributed by atoms with van der Waals surface area (Å²) in [5.74, 6) is 0. The van der Waals surface area contributed by atoms with Crippen LogP contribution in [-0.4, -0.2) is 0 Å². The van der Waals surface area contributed by atoms with E-state index >= 15 is 0 Å². The molecule has 0 fully saturated rings. The molecule has 1 nitrogen and oxygen atoms in total. The van der Waals surface area contributed by atoms with Gasteiger partial charge >= 0.3 is 0 Å². The second-order valence-electron chi connectivity index (χ2n) is 10.8. The molecule has 210 valence electrons. The van der Waals surface area contributed by atoms with Crippen LogP contribution in [0.5, 0.6) is 0 Å². The van der Waals surface area contributed by atoms with Crippen LogP contribution < -0.4 is 0 Å². The molecule has 0 N–H and O–H groups in total. The summed E-state index contributed by atoms with van der Waals surface area (Å²) in [6, 6.07) is 30.1. The van der Waals surface area contributed by atoms with Crippen LogP contribution >= 0.6 is 0 Å². The maximum absolute atomic E-state index is 9.78. The van der Waals surface area contributed by atoms with Crippen LogP contribution in [0.4, 0.5) is 0 Å². The van der Waals surface area contributed by atoms with Gasteiger partial charge in [-0.05, 0) is 90.2 Å². The van der Waals surface area contributed by atoms with Crippen molar-refractivity contribution in [2.45, 2.75) is 0 Å². The molecule has 45 heavy (non-hydrogen) atoms. The fourth-order valence-electron chi connectivity index (χ4n) is 6.26. The summed E-state index contributed by atoms with van der Waals surface area (Å²) in [6.07, 6.45) is 0. The summed E-state index contributed by atoms with van der Waals surface area (Å²) in [4.78, 5) is 0. The zero-order valence-electron chi connectivity index (χ0n) is 33.8. The molecule has 0 unspecified atom stereocenters. The molecular weight excluding hydrogens is 544 g/mol. The van der Waals surface area contributed by atoms with Crippen LogP contribution in [0.3, 0.4) is 0 Å². The van der Waals surface area contributed by atoms with E-state index in [1.165, 1.54) is 0 Å². The van der Waals surface area contributed by atoms with E-state index in [-0.39, 0.29) is 93.5 Å². The average molecular weight is 583 g/mol. The molecule has 0 atom stereocenters. The summed E-state index contributed by atoms with van der Waals surface area (Å²) in [5, 5.41) is 2.61. The summed E-state index contributed by atoms with van der Waals surface area (Å²) in [6.45, 7) is 0. The highest BCUT2D eigenvalue weighted by molar-refractivity contribution is 6.23. The number of fused-ring (bicyclic) bond motifs is 5. The van der Waals surface area contributed by atoms with Gasteiger partial charge in [0.1, 0.15) is 11.2 Å². The van der Waals surface area contributed by atoms with Gasteiger partial charge in [-0.1, -0.05) is 145 Å². The number of hydrogen-bond donors (Lipinski definition) is 0. The number of hydrogen-bond acceptors (Lipinski definition) is 1. The topological polar surface area (TPSA) is 13.1 Å².